The topological polar surface area (TPSA) is 64.8 Å². The molecule has 0 saturated heterocycles. The summed E-state index contributed by atoms with van der Waals surface area (Å²) in [5, 5.41) is 5.01. The minimum absolute atomic E-state index is 0.175. The van der Waals surface area contributed by atoms with Gasteiger partial charge in [0.2, 0.25) is 10.3 Å². The van der Waals surface area contributed by atoms with Crippen molar-refractivity contribution < 1.29 is 18.4 Å². The molecule has 0 radical (unpaired) electrons. The van der Waals surface area contributed by atoms with Crippen LogP contribution in [0.4, 0.5) is 8.78 Å². The molecule has 0 N–H and O–H groups in total. The Morgan fingerprint density at radius 2 is 1.77 bits per heavy atom. The maximum atomic E-state index is 14.5. The van der Waals surface area contributed by atoms with Gasteiger partial charge in [0, 0.05) is 17.3 Å². The van der Waals surface area contributed by atoms with Crippen LogP contribution < -0.4 is 0 Å². The molecule has 0 spiro atoms. The molecule has 2 heterocycles. The van der Waals surface area contributed by atoms with E-state index in [4.69, 9.17) is 32.8 Å². The van der Waals surface area contributed by atoms with Gasteiger partial charge in [0.05, 0.1) is 15.7 Å². The molecule has 2 aromatic heterocycles. The van der Waals surface area contributed by atoms with Crippen molar-refractivity contribution in [2.75, 3.05) is 0 Å². The van der Waals surface area contributed by atoms with E-state index >= 15 is 0 Å². The number of carbonyl (C=O) groups excluding carboxylic acids is 2. The van der Waals surface area contributed by atoms with Crippen LogP contribution in [0.25, 0.3) is 27.5 Å². The van der Waals surface area contributed by atoms with Crippen LogP contribution in [0.15, 0.2) is 48.7 Å². The highest BCUT2D eigenvalue weighted by Gasteiger charge is 2.17. The van der Waals surface area contributed by atoms with Gasteiger partial charge in [-0.3, -0.25) is 0 Å². The summed E-state index contributed by atoms with van der Waals surface area (Å²) < 4.78 is 29.5. The van der Waals surface area contributed by atoms with Crippen molar-refractivity contribution in [1.82, 2.24) is 14.8 Å². The average molecular weight is 466 g/mol. The summed E-state index contributed by atoms with van der Waals surface area (Å²) >= 11 is 12.8. The van der Waals surface area contributed by atoms with Crippen LogP contribution in [0.3, 0.4) is 0 Å². The van der Waals surface area contributed by atoms with Gasteiger partial charge in [-0.2, -0.15) is 19.1 Å². The van der Waals surface area contributed by atoms with E-state index in [2.05, 4.69) is 10.1 Å². The smallest absolute Gasteiger partial charge is 0.215 e. The third-order valence-corrected chi connectivity index (χ3v) is 5.57. The Morgan fingerprint density at radius 1 is 1.03 bits per heavy atom. The Kier molecular flexibility index (Phi) is 6.74. The molecular formula is C20H11Cl2F2N3O2S. The van der Waals surface area contributed by atoms with Gasteiger partial charge >= 0.3 is 6.15 Å². The van der Waals surface area contributed by atoms with Gasteiger partial charge in [-0.1, -0.05) is 52.7 Å². The lowest BCUT2D eigenvalue weighted by Crippen LogP contribution is -1.94. The second kappa shape index (κ2) is 9.28. The van der Waals surface area contributed by atoms with E-state index in [-0.39, 0.29) is 17.7 Å². The van der Waals surface area contributed by atoms with Gasteiger partial charge in [0.1, 0.15) is 11.5 Å². The fourth-order valence-corrected chi connectivity index (χ4v) is 3.75. The van der Waals surface area contributed by atoms with Crippen LogP contribution >= 0.6 is 34.5 Å². The molecule has 4 rings (SSSR count). The van der Waals surface area contributed by atoms with Crippen LogP contribution in [0, 0.1) is 17.9 Å². The number of benzene rings is 2. The molecule has 0 unspecified atom stereocenters. The van der Waals surface area contributed by atoms with E-state index in [1.807, 2.05) is 0 Å². The molecule has 0 amide bonds. The average Bonchev–Trinajstić information content (AvgIpc) is 3.27. The van der Waals surface area contributed by atoms with Crippen molar-refractivity contribution >= 4 is 40.7 Å². The normalized spacial score (nSPS) is 10.3. The molecule has 0 saturated carbocycles. The Morgan fingerprint density at radius 3 is 2.43 bits per heavy atom. The van der Waals surface area contributed by atoms with E-state index in [9.17, 15) is 8.78 Å². The van der Waals surface area contributed by atoms with Crippen LogP contribution in [0.2, 0.25) is 10.0 Å². The number of hydrogen-bond donors (Lipinski definition) is 0. The summed E-state index contributed by atoms with van der Waals surface area (Å²) in [5.74, 6) is -0.332. The number of aromatic nitrogens is 3. The van der Waals surface area contributed by atoms with E-state index in [0.717, 1.165) is 16.9 Å². The Hall–Kier alpha value is -2.90. The number of halogens is 4. The molecule has 2 aromatic carbocycles. The molecule has 152 valence electrons. The quantitative estimate of drug-likeness (QED) is 0.373. The summed E-state index contributed by atoms with van der Waals surface area (Å²) in [6, 6.07) is 11.0. The van der Waals surface area contributed by atoms with E-state index < -0.39 is 5.13 Å². The van der Waals surface area contributed by atoms with Crippen LogP contribution in [0.5, 0.6) is 0 Å². The number of nitrogens with zero attached hydrogens (tertiary/aromatic N) is 3. The fraction of sp³-hybridized carbons (Fsp3) is 0.0500. The molecule has 0 aliphatic heterocycles. The van der Waals surface area contributed by atoms with Crippen molar-refractivity contribution in [2.24, 2.45) is 0 Å². The molecule has 4 aromatic rings. The third kappa shape index (κ3) is 4.63. The largest absolute Gasteiger partial charge is 0.373 e. The first kappa shape index (κ1) is 21.8. The van der Waals surface area contributed by atoms with Crippen molar-refractivity contribution in [3.8, 4) is 27.5 Å². The van der Waals surface area contributed by atoms with Gasteiger partial charge < -0.3 is 0 Å². The molecule has 5 nitrogen and oxygen atoms in total. The summed E-state index contributed by atoms with van der Waals surface area (Å²) in [7, 11) is 0. The Balaban J connectivity index is 0.000000806. The number of thiazole rings is 1. The predicted octanol–water partition coefficient (Wildman–Crippen LogP) is 5.97. The zero-order chi connectivity index (χ0) is 21.8. The Labute approximate surface area is 183 Å². The van der Waals surface area contributed by atoms with Crippen LogP contribution in [-0.2, 0) is 9.59 Å². The zero-order valence-electron chi connectivity index (χ0n) is 15.2. The van der Waals surface area contributed by atoms with Crippen molar-refractivity contribution in [3.05, 3.63) is 75.3 Å². The molecule has 0 bridgehead atoms. The highest BCUT2D eigenvalue weighted by molar-refractivity contribution is 7.12. The number of aryl methyl sites for hydroxylation is 1. The monoisotopic (exact) mass is 465 g/mol. The predicted molar refractivity (Wildman–Crippen MR) is 110 cm³/mol. The van der Waals surface area contributed by atoms with Crippen LogP contribution in [0.1, 0.15) is 5.69 Å². The summed E-state index contributed by atoms with van der Waals surface area (Å²) in [6.45, 7) is 1.81. The summed E-state index contributed by atoms with van der Waals surface area (Å²) in [5.41, 5.74) is 2.83. The van der Waals surface area contributed by atoms with E-state index in [1.54, 1.807) is 43.5 Å². The lowest BCUT2D eigenvalue weighted by molar-refractivity contribution is -0.191. The second-order valence-electron chi connectivity index (χ2n) is 5.91. The van der Waals surface area contributed by atoms with E-state index in [0.29, 0.717) is 32.0 Å². The highest BCUT2D eigenvalue weighted by Crippen LogP contribution is 2.33. The molecule has 0 atom stereocenters. The van der Waals surface area contributed by atoms with Crippen molar-refractivity contribution in [2.45, 2.75) is 6.92 Å². The van der Waals surface area contributed by atoms with Gasteiger partial charge in [-0.15, -0.1) is 0 Å². The molecule has 0 aliphatic carbocycles. The third-order valence-electron chi connectivity index (χ3n) is 4.00. The highest BCUT2D eigenvalue weighted by atomic mass is 35.5. The van der Waals surface area contributed by atoms with Crippen molar-refractivity contribution in [1.29, 1.82) is 0 Å². The first-order valence-corrected chi connectivity index (χ1v) is 9.85. The lowest BCUT2D eigenvalue weighted by Gasteiger charge is -2.00. The minimum atomic E-state index is -0.455. The van der Waals surface area contributed by atoms with Gasteiger partial charge in [0.25, 0.3) is 0 Å². The second-order valence-corrected chi connectivity index (χ2v) is 7.66. The summed E-state index contributed by atoms with van der Waals surface area (Å²) in [4.78, 5) is 20.6. The molecule has 0 fully saturated rings. The standard InChI is InChI=1S/C19H11Cl2F2N3S.CO2/c1-10-14(11-3-2-4-13(22)7-11)9-26(25-10)19-24-17(18(23)27-19)12-5-6-15(20)16(21)8-12;2-1-3/h2-9H,1H3;. The Bertz CT molecular complexity index is 1250. The minimum Gasteiger partial charge on any atom is -0.215 e. The summed E-state index contributed by atoms with van der Waals surface area (Å²) in [6.07, 6.45) is 1.96. The molecule has 10 heteroatoms. The first-order valence-electron chi connectivity index (χ1n) is 8.27. The van der Waals surface area contributed by atoms with E-state index in [1.165, 1.54) is 16.8 Å². The number of rotatable bonds is 3. The van der Waals surface area contributed by atoms with Gasteiger partial charge in [-0.05, 0) is 36.8 Å². The molecule has 30 heavy (non-hydrogen) atoms. The fourth-order valence-electron chi connectivity index (χ4n) is 2.71. The van der Waals surface area contributed by atoms with Crippen molar-refractivity contribution in [3.63, 3.8) is 0 Å². The maximum Gasteiger partial charge on any atom is 0.373 e. The first-order chi connectivity index (χ1) is 14.3. The molecular weight excluding hydrogens is 455 g/mol. The van der Waals surface area contributed by atoms with Gasteiger partial charge in [0.15, 0.2) is 0 Å². The molecule has 0 aliphatic rings. The lowest BCUT2D eigenvalue weighted by atomic mass is 10.1. The number of hydrogen-bond acceptors (Lipinski definition) is 5. The van der Waals surface area contributed by atoms with Crippen LogP contribution in [-0.4, -0.2) is 20.9 Å². The van der Waals surface area contributed by atoms with Gasteiger partial charge in [-0.25, -0.2) is 14.1 Å². The zero-order valence-corrected chi connectivity index (χ0v) is 17.5. The SMILES string of the molecule is Cc1nn(-c2nc(-c3ccc(Cl)c(Cl)c3)c(F)s2)cc1-c1cccc(F)c1.O=C=O. The maximum absolute atomic E-state index is 14.5.